The minimum atomic E-state index is -0.479. The summed E-state index contributed by atoms with van der Waals surface area (Å²) in [6.07, 6.45) is 0. The van der Waals surface area contributed by atoms with E-state index in [-0.39, 0.29) is 0 Å². The second-order valence-corrected chi connectivity index (χ2v) is 2.04. The molecule has 0 atom stereocenters. The van der Waals surface area contributed by atoms with Crippen molar-refractivity contribution in [2.75, 3.05) is 0 Å². The first-order valence-electron chi connectivity index (χ1n) is 3.11. The minimum Gasteiger partial charge on any atom is -0.490 e. The maximum absolute atomic E-state index is 10.7. The molecule has 3 heteroatoms. The summed E-state index contributed by atoms with van der Waals surface area (Å²) >= 11 is 0. The Labute approximate surface area is 65.2 Å². The number of hydrogen-bond donors (Lipinski definition) is 1. The van der Waals surface area contributed by atoms with Crippen LogP contribution in [0.15, 0.2) is 24.3 Å². The second kappa shape index (κ2) is 2.96. The highest BCUT2D eigenvalue weighted by molar-refractivity contribution is 5.99. The number of nitrogens with zero attached hydrogens (tertiary/aromatic N) is 1. The van der Waals surface area contributed by atoms with E-state index >= 15 is 0 Å². The minimum absolute atomic E-state index is 0.405. The molecule has 3 nitrogen and oxygen atoms in total. The molecule has 1 aromatic rings. The summed E-state index contributed by atoms with van der Waals surface area (Å²) in [5.41, 5.74) is 6.00. The van der Waals surface area contributed by atoms with Gasteiger partial charge in [-0.05, 0) is 0 Å². The Kier molecular flexibility index (Phi) is 2.01. The van der Waals surface area contributed by atoms with Crippen molar-refractivity contribution in [2.45, 2.75) is 0 Å². The van der Waals surface area contributed by atoms with E-state index in [0.717, 1.165) is 0 Å². The smallest absolute Gasteiger partial charge is 0.247 e. The van der Waals surface area contributed by atoms with Crippen LogP contribution < -0.4 is 5.73 Å². The molecule has 1 aromatic carbocycles. The predicted octanol–water partition coefficient (Wildman–Crippen LogP) is 1.58. The number of amides is 1. The maximum atomic E-state index is 10.7. The van der Waals surface area contributed by atoms with Gasteiger partial charge in [-0.1, -0.05) is 30.0 Å². The summed E-state index contributed by atoms with van der Waals surface area (Å²) in [6, 6.07) is 6.81. The van der Waals surface area contributed by atoms with E-state index in [9.17, 15) is 4.79 Å². The molecule has 0 aromatic heterocycles. The molecule has 1 amide bonds. The Bertz CT molecular complexity index is 271. The van der Waals surface area contributed by atoms with E-state index in [4.69, 9.17) is 5.73 Å². The summed E-state index contributed by atoms with van der Waals surface area (Å²) < 4.78 is 0. The molecule has 0 bridgehead atoms. The molecule has 2 N–H and O–H groups in total. The van der Waals surface area contributed by atoms with Crippen LogP contribution in [-0.4, -0.2) is 5.91 Å². The fourth-order valence-electron chi connectivity index (χ4n) is 0.820. The average Bonchev–Trinajstić information content (AvgIpc) is 2.04. The van der Waals surface area contributed by atoms with Crippen LogP contribution in [0.5, 0.6) is 0 Å². The number of benzene rings is 1. The van der Waals surface area contributed by atoms with Crippen LogP contribution in [0.3, 0.4) is 0 Å². The van der Waals surface area contributed by atoms with Crippen LogP contribution in [0.4, 0.5) is 5.69 Å². The Morgan fingerprint density at radius 3 is 2.55 bits per heavy atom. The van der Waals surface area contributed by atoms with Gasteiger partial charge in [-0.2, -0.15) is 0 Å². The van der Waals surface area contributed by atoms with Gasteiger partial charge < -0.3 is 11.1 Å². The highest BCUT2D eigenvalue weighted by atomic mass is 16.1. The maximum Gasteiger partial charge on any atom is 0.247 e. The van der Waals surface area contributed by atoms with Crippen LogP contribution in [0.2, 0.25) is 0 Å². The Balaban J connectivity index is 3.12. The van der Waals surface area contributed by atoms with Crippen LogP contribution in [0.25, 0.3) is 5.32 Å². The molecule has 0 fully saturated rings. The van der Waals surface area contributed by atoms with Crippen molar-refractivity contribution in [3.8, 4) is 0 Å². The molecule has 0 aliphatic carbocycles. The number of carbonyl (C=O) groups is 1. The van der Waals surface area contributed by atoms with E-state index in [1.807, 2.05) is 0 Å². The van der Waals surface area contributed by atoms with Gasteiger partial charge in [-0.3, -0.25) is 4.79 Å². The monoisotopic (exact) mass is 148 g/mol. The quantitative estimate of drug-likeness (QED) is 0.636. The average molecular weight is 148 g/mol. The lowest BCUT2D eigenvalue weighted by Crippen LogP contribution is -2.10. The third-order valence-corrected chi connectivity index (χ3v) is 1.34. The Morgan fingerprint density at radius 2 is 2.09 bits per heavy atom. The van der Waals surface area contributed by atoms with Crippen molar-refractivity contribution >= 4 is 11.6 Å². The third kappa shape index (κ3) is 1.43. The van der Waals surface area contributed by atoms with Gasteiger partial charge >= 0.3 is 0 Å². The zero-order chi connectivity index (χ0) is 8.27. The van der Waals surface area contributed by atoms with E-state index in [1.165, 1.54) is 0 Å². The summed E-state index contributed by atoms with van der Waals surface area (Å²) in [6.45, 7) is 0. The first-order valence-corrected chi connectivity index (χ1v) is 3.11. The lowest BCUT2D eigenvalue weighted by Gasteiger charge is -2.09. The van der Waals surface area contributed by atoms with Gasteiger partial charge in [-0.25, -0.2) is 0 Å². The van der Waals surface area contributed by atoms with Crippen LogP contribution in [0, 0.1) is 7.05 Å². The summed E-state index contributed by atoms with van der Waals surface area (Å²) in [7, 11) is 3.32. The molecule has 0 spiro atoms. The predicted molar refractivity (Wildman–Crippen MR) is 43.3 cm³/mol. The number of hydrogen-bond acceptors (Lipinski definition) is 1. The SMILES string of the molecule is [CH2+][N-]c1ccccc1C(N)=O. The molecule has 0 saturated heterocycles. The number of para-hydroxylation sites is 1. The summed E-state index contributed by atoms with van der Waals surface area (Å²) in [5, 5.41) is 3.64. The molecule has 1 rings (SSSR count). The van der Waals surface area contributed by atoms with Gasteiger partial charge in [0.05, 0.1) is 0 Å². The topological polar surface area (TPSA) is 57.2 Å². The van der Waals surface area contributed by atoms with Crippen LogP contribution in [0.1, 0.15) is 10.4 Å². The number of primary amides is 1. The molecule has 56 valence electrons. The molecule has 0 aliphatic heterocycles. The summed E-state index contributed by atoms with van der Waals surface area (Å²) in [5.74, 6) is -0.479. The first-order chi connectivity index (χ1) is 5.25. The first kappa shape index (κ1) is 7.47. The van der Waals surface area contributed by atoms with Crippen LogP contribution >= 0.6 is 0 Å². The van der Waals surface area contributed by atoms with E-state index in [2.05, 4.69) is 12.4 Å². The molecule has 0 aliphatic rings. The lowest BCUT2D eigenvalue weighted by molar-refractivity contribution is 0.100. The van der Waals surface area contributed by atoms with E-state index < -0.39 is 5.91 Å². The highest BCUT2D eigenvalue weighted by Crippen LogP contribution is 2.21. The molecule has 0 saturated carbocycles. The zero-order valence-electron chi connectivity index (χ0n) is 5.95. The fraction of sp³-hybridized carbons (Fsp3) is 0. The molecule has 11 heavy (non-hydrogen) atoms. The lowest BCUT2D eigenvalue weighted by atomic mass is 10.2. The standard InChI is InChI=1S/C8H8N2O/c1-10-7-5-3-2-4-6(7)8(9)11/h2-5H,1H2,(H2-,9,10,11). The number of carbonyl (C=O) groups excluding carboxylic acids is 1. The fourth-order valence-corrected chi connectivity index (χ4v) is 0.820. The number of nitrogens with two attached hydrogens (primary N) is 1. The van der Waals surface area contributed by atoms with Gasteiger partial charge in [-0.15, -0.1) is 0 Å². The highest BCUT2D eigenvalue weighted by Gasteiger charge is 1.99. The van der Waals surface area contributed by atoms with Crippen molar-refractivity contribution in [1.29, 1.82) is 0 Å². The van der Waals surface area contributed by atoms with Gasteiger partial charge in [0, 0.05) is 12.6 Å². The third-order valence-electron chi connectivity index (χ3n) is 1.34. The van der Waals surface area contributed by atoms with E-state index in [0.29, 0.717) is 11.3 Å². The van der Waals surface area contributed by atoms with Crippen molar-refractivity contribution in [1.82, 2.24) is 0 Å². The van der Waals surface area contributed by atoms with E-state index in [1.54, 1.807) is 24.3 Å². The number of rotatable bonds is 2. The molecule has 0 unspecified atom stereocenters. The Hall–Kier alpha value is -1.64. The molecule has 0 heterocycles. The van der Waals surface area contributed by atoms with Crippen LogP contribution in [-0.2, 0) is 0 Å². The molecule has 0 radical (unpaired) electrons. The van der Waals surface area contributed by atoms with Gasteiger partial charge in [0.2, 0.25) is 5.91 Å². The van der Waals surface area contributed by atoms with Gasteiger partial charge in [0.15, 0.2) is 0 Å². The van der Waals surface area contributed by atoms with Crippen molar-refractivity contribution < 1.29 is 4.79 Å². The summed E-state index contributed by atoms with van der Waals surface area (Å²) in [4.78, 5) is 10.7. The van der Waals surface area contributed by atoms with Crippen molar-refractivity contribution in [3.05, 3.63) is 42.2 Å². The zero-order valence-corrected chi connectivity index (χ0v) is 5.95. The van der Waals surface area contributed by atoms with Crippen molar-refractivity contribution in [2.24, 2.45) is 5.73 Å². The molecular formula is C8H8N2O. The Morgan fingerprint density at radius 1 is 1.45 bits per heavy atom. The second-order valence-electron chi connectivity index (χ2n) is 2.04. The largest absolute Gasteiger partial charge is 0.490 e. The van der Waals surface area contributed by atoms with Crippen molar-refractivity contribution in [3.63, 3.8) is 0 Å². The normalized spacial score (nSPS) is 9.09. The van der Waals surface area contributed by atoms with Gasteiger partial charge in [0.1, 0.15) is 0 Å². The van der Waals surface area contributed by atoms with Gasteiger partial charge in [0.25, 0.3) is 0 Å². The molecular weight excluding hydrogens is 140 g/mol.